The van der Waals surface area contributed by atoms with E-state index < -0.39 is 0 Å². The zero-order valence-electron chi connectivity index (χ0n) is 16.1. The topological polar surface area (TPSA) is 67.3 Å². The van der Waals surface area contributed by atoms with Crippen LogP contribution in [-0.4, -0.2) is 47.4 Å². The number of anilines is 2. The Morgan fingerprint density at radius 3 is 1.93 bits per heavy atom. The van der Waals surface area contributed by atoms with Gasteiger partial charge in [-0.3, -0.25) is 15.2 Å². The summed E-state index contributed by atoms with van der Waals surface area (Å²) in [7, 11) is 0. The minimum absolute atomic E-state index is 0.0710. The van der Waals surface area contributed by atoms with Gasteiger partial charge in [-0.25, -0.2) is 0 Å². The molecule has 0 spiro atoms. The maximum Gasteiger partial charge on any atom is 0.253 e. The van der Waals surface area contributed by atoms with Gasteiger partial charge in [-0.2, -0.15) is 0 Å². The van der Waals surface area contributed by atoms with Gasteiger partial charge in [-0.1, -0.05) is 32.9 Å². The van der Waals surface area contributed by atoms with Gasteiger partial charge in [0, 0.05) is 37.4 Å². The molecule has 144 valence electrons. The monoisotopic (exact) mass is 369 g/mol. The van der Waals surface area contributed by atoms with Crippen molar-refractivity contribution in [3.05, 3.63) is 59.7 Å². The van der Waals surface area contributed by atoms with E-state index in [9.17, 15) is 4.79 Å². The Labute approximate surface area is 160 Å². The van der Waals surface area contributed by atoms with E-state index in [0.29, 0.717) is 18.8 Å². The molecule has 0 radical (unpaired) electrons. The van der Waals surface area contributed by atoms with Gasteiger partial charge >= 0.3 is 0 Å². The molecule has 0 aromatic heterocycles. The minimum atomic E-state index is 0.0710. The smallest absolute Gasteiger partial charge is 0.253 e. The Kier molecular flexibility index (Phi) is 5.39. The molecule has 2 aromatic rings. The summed E-state index contributed by atoms with van der Waals surface area (Å²) < 4.78 is 0. The molecule has 1 heterocycles. The first kappa shape index (κ1) is 19.2. The zero-order chi connectivity index (χ0) is 19.6. The third kappa shape index (κ3) is 4.40. The van der Waals surface area contributed by atoms with Gasteiger partial charge in [0.25, 0.3) is 5.91 Å². The van der Waals surface area contributed by atoms with Crippen LogP contribution >= 0.6 is 0 Å². The first-order valence-electron chi connectivity index (χ1n) is 9.18. The number of piperazine rings is 1. The van der Waals surface area contributed by atoms with Gasteiger partial charge in [-0.15, -0.1) is 5.23 Å². The highest BCUT2D eigenvalue weighted by molar-refractivity contribution is 5.94. The van der Waals surface area contributed by atoms with Gasteiger partial charge in [-0.05, 0) is 47.4 Å². The van der Waals surface area contributed by atoms with Gasteiger partial charge in [0.15, 0.2) is 0 Å². The number of benzene rings is 2. The maximum absolute atomic E-state index is 12.8. The van der Waals surface area contributed by atoms with Crippen molar-refractivity contribution in [1.29, 1.82) is 0 Å². The summed E-state index contributed by atoms with van der Waals surface area (Å²) >= 11 is 0. The average Bonchev–Trinajstić information content (AvgIpc) is 2.67. The van der Waals surface area contributed by atoms with Crippen LogP contribution in [0.4, 0.5) is 11.4 Å². The number of amides is 1. The van der Waals surface area contributed by atoms with Crippen LogP contribution < -0.4 is 10.1 Å². The van der Waals surface area contributed by atoms with E-state index in [1.165, 1.54) is 5.56 Å². The second-order valence-electron chi connectivity index (χ2n) is 7.91. The number of rotatable bonds is 3. The van der Waals surface area contributed by atoms with Crippen LogP contribution in [0.5, 0.6) is 0 Å². The molecule has 1 aliphatic rings. The van der Waals surface area contributed by atoms with E-state index in [-0.39, 0.29) is 16.5 Å². The molecule has 6 nitrogen and oxygen atoms in total. The van der Waals surface area contributed by atoms with E-state index in [2.05, 4.69) is 25.7 Å². The molecule has 27 heavy (non-hydrogen) atoms. The van der Waals surface area contributed by atoms with E-state index in [1.54, 1.807) is 12.1 Å². The van der Waals surface area contributed by atoms with Crippen molar-refractivity contribution in [3.63, 3.8) is 0 Å². The molecule has 2 aromatic carbocycles. The summed E-state index contributed by atoms with van der Waals surface area (Å²) in [4.78, 5) is 16.8. The SMILES string of the molecule is CC(C)(C)c1ccc(C(=O)N2CCN(c3ccc(N(O)O)cc3)CC2)cc1. The standard InChI is InChI=1S/C21H27N3O3/c1-21(2,3)17-6-4-16(5-7-17)20(25)23-14-12-22(13-15-23)18-8-10-19(11-9-18)24(26)27/h4-11,26-27H,12-15H2,1-3H3. The Morgan fingerprint density at radius 2 is 1.44 bits per heavy atom. The zero-order valence-corrected chi connectivity index (χ0v) is 16.1. The number of hydrogen-bond donors (Lipinski definition) is 2. The summed E-state index contributed by atoms with van der Waals surface area (Å²) in [6.45, 7) is 9.29. The molecule has 0 atom stereocenters. The molecule has 0 aliphatic carbocycles. The molecule has 1 amide bonds. The Morgan fingerprint density at radius 1 is 0.889 bits per heavy atom. The first-order chi connectivity index (χ1) is 12.8. The Hall–Kier alpha value is -2.57. The lowest BCUT2D eigenvalue weighted by Gasteiger charge is -2.36. The highest BCUT2D eigenvalue weighted by Crippen LogP contribution is 2.24. The molecule has 3 rings (SSSR count). The van der Waals surface area contributed by atoms with Crippen LogP contribution in [0.3, 0.4) is 0 Å². The van der Waals surface area contributed by atoms with Crippen molar-refractivity contribution in [3.8, 4) is 0 Å². The summed E-state index contributed by atoms with van der Waals surface area (Å²) in [5.41, 5.74) is 3.34. The molecule has 1 fully saturated rings. The summed E-state index contributed by atoms with van der Waals surface area (Å²) in [5, 5.41) is 18.1. The third-order valence-electron chi connectivity index (χ3n) is 5.01. The molecule has 1 aliphatic heterocycles. The molecule has 6 heteroatoms. The molecule has 0 saturated carbocycles. The minimum Gasteiger partial charge on any atom is -0.368 e. The van der Waals surface area contributed by atoms with Crippen LogP contribution in [0.2, 0.25) is 0 Å². The van der Waals surface area contributed by atoms with Crippen molar-refractivity contribution >= 4 is 17.3 Å². The van der Waals surface area contributed by atoms with Gasteiger partial charge in [0.05, 0.1) is 5.69 Å². The van der Waals surface area contributed by atoms with Crippen LogP contribution in [0.25, 0.3) is 0 Å². The van der Waals surface area contributed by atoms with E-state index in [0.717, 1.165) is 24.3 Å². The van der Waals surface area contributed by atoms with Crippen molar-refractivity contribution < 1.29 is 15.2 Å². The Balaban J connectivity index is 1.60. The van der Waals surface area contributed by atoms with Crippen LogP contribution in [0.1, 0.15) is 36.7 Å². The van der Waals surface area contributed by atoms with Crippen molar-refractivity contribution in [2.75, 3.05) is 36.3 Å². The van der Waals surface area contributed by atoms with Gasteiger partial charge < -0.3 is 9.80 Å². The first-order valence-corrected chi connectivity index (χ1v) is 9.18. The number of hydrogen-bond acceptors (Lipinski definition) is 5. The predicted octanol–water partition coefficient (Wildman–Crippen LogP) is 3.53. The summed E-state index contributed by atoms with van der Waals surface area (Å²) in [6.07, 6.45) is 0. The normalized spacial score (nSPS) is 15.0. The number of carbonyl (C=O) groups excluding carboxylic acids is 1. The predicted molar refractivity (Wildman–Crippen MR) is 106 cm³/mol. The van der Waals surface area contributed by atoms with Crippen LogP contribution in [-0.2, 0) is 5.41 Å². The molecule has 1 saturated heterocycles. The van der Waals surface area contributed by atoms with E-state index in [1.807, 2.05) is 41.3 Å². The van der Waals surface area contributed by atoms with E-state index in [4.69, 9.17) is 10.4 Å². The lowest BCUT2D eigenvalue weighted by Crippen LogP contribution is -2.48. The van der Waals surface area contributed by atoms with Gasteiger partial charge in [0.1, 0.15) is 0 Å². The molecular weight excluding hydrogens is 342 g/mol. The van der Waals surface area contributed by atoms with Crippen molar-refractivity contribution in [2.45, 2.75) is 26.2 Å². The second-order valence-corrected chi connectivity index (χ2v) is 7.91. The third-order valence-corrected chi connectivity index (χ3v) is 5.01. The average molecular weight is 369 g/mol. The van der Waals surface area contributed by atoms with Crippen molar-refractivity contribution in [2.24, 2.45) is 0 Å². The molecular formula is C21H27N3O3. The van der Waals surface area contributed by atoms with Gasteiger partial charge in [0.2, 0.25) is 0 Å². The van der Waals surface area contributed by atoms with Crippen LogP contribution in [0.15, 0.2) is 48.5 Å². The fourth-order valence-electron chi connectivity index (χ4n) is 3.26. The maximum atomic E-state index is 12.8. The van der Waals surface area contributed by atoms with Crippen LogP contribution in [0, 0.1) is 0 Å². The summed E-state index contributed by atoms with van der Waals surface area (Å²) in [6, 6.07) is 14.9. The Bertz CT molecular complexity index is 772. The highest BCUT2D eigenvalue weighted by Gasteiger charge is 2.23. The molecule has 2 N–H and O–H groups in total. The molecule has 0 unspecified atom stereocenters. The lowest BCUT2D eigenvalue weighted by atomic mass is 9.86. The number of carbonyl (C=O) groups is 1. The number of nitrogens with zero attached hydrogens (tertiary/aromatic N) is 3. The highest BCUT2D eigenvalue weighted by atomic mass is 16.8. The van der Waals surface area contributed by atoms with E-state index >= 15 is 0 Å². The fourth-order valence-corrected chi connectivity index (χ4v) is 3.26. The van der Waals surface area contributed by atoms with Crippen molar-refractivity contribution in [1.82, 2.24) is 4.90 Å². The second kappa shape index (κ2) is 7.58. The fraction of sp³-hybridized carbons (Fsp3) is 0.381. The lowest BCUT2D eigenvalue weighted by molar-refractivity contribution is 0.0291. The summed E-state index contributed by atoms with van der Waals surface area (Å²) in [5.74, 6) is 0.0710. The quantitative estimate of drug-likeness (QED) is 0.810. The molecule has 0 bridgehead atoms. The largest absolute Gasteiger partial charge is 0.368 e.